The Bertz CT molecular complexity index is 536. The van der Waals surface area contributed by atoms with Gasteiger partial charge in [0.2, 0.25) is 0 Å². The van der Waals surface area contributed by atoms with Crippen LogP contribution >= 0.6 is 22.6 Å². The van der Waals surface area contributed by atoms with E-state index in [4.69, 9.17) is 4.74 Å². The third kappa shape index (κ3) is 3.52. The van der Waals surface area contributed by atoms with Gasteiger partial charge in [-0.1, -0.05) is 19.6 Å². The summed E-state index contributed by atoms with van der Waals surface area (Å²) in [4.78, 5) is 4.33. The summed E-state index contributed by atoms with van der Waals surface area (Å²) in [5, 5.41) is 4.45. The second kappa shape index (κ2) is 5.66. The number of ether oxygens (including phenoxy) is 1. The minimum atomic E-state index is -1.01. The third-order valence-electron chi connectivity index (χ3n) is 2.68. The number of rotatable bonds is 5. The molecule has 2 aromatic heterocycles. The van der Waals surface area contributed by atoms with Crippen molar-refractivity contribution in [1.29, 1.82) is 0 Å². The summed E-state index contributed by atoms with van der Waals surface area (Å²) in [6.07, 6.45) is 1.79. The van der Waals surface area contributed by atoms with E-state index in [0.717, 1.165) is 21.3 Å². The predicted molar refractivity (Wildman–Crippen MR) is 84.4 cm³/mol. The minimum Gasteiger partial charge on any atom is -0.360 e. The molecule has 18 heavy (non-hydrogen) atoms. The first kappa shape index (κ1) is 13.9. The van der Waals surface area contributed by atoms with Crippen molar-refractivity contribution < 1.29 is 4.74 Å². The summed E-state index contributed by atoms with van der Waals surface area (Å²) in [5.41, 5.74) is 1.99. The van der Waals surface area contributed by atoms with Crippen molar-refractivity contribution in [3.05, 3.63) is 22.0 Å². The fourth-order valence-electron chi connectivity index (χ4n) is 1.60. The zero-order valence-electron chi connectivity index (χ0n) is 11.0. The Kier molecular flexibility index (Phi) is 4.39. The second-order valence-corrected chi connectivity index (χ2v) is 12.2. The molecule has 0 N–H and O–H groups in total. The van der Waals surface area contributed by atoms with Crippen LogP contribution in [0.15, 0.2) is 18.3 Å². The van der Waals surface area contributed by atoms with E-state index in [0.29, 0.717) is 6.73 Å². The van der Waals surface area contributed by atoms with Gasteiger partial charge in [0, 0.05) is 20.9 Å². The molecular weight excluding hydrogens is 357 g/mol. The second-order valence-electron chi connectivity index (χ2n) is 5.51. The highest BCUT2D eigenvalue weighted by Gasteiger charge is 2.13. The molecule has 98 valence electrons. The molecule has 0 radical (unpaired) electrons. The number of pyridine rings is 1. The SMILES string of the molecule is C[Si](C)(C)CCOCn1nc(I)c2ncccc21. The summed E-state index contributed by atoms with van der Waals surface area (Å²) in [6.45, 7) is 8.38. The van der Waals surface area contributed by atoms with Gasteiger partial charge in [-0.15, -0.1) is 0 Å². The first-order valence-corrected chi connectivity index (χ1v) is 10.8. The smallest absolute Gasteiger partial charge is 0.149 e. The number of aromatic nitrogens is 3. The largest absolute Gasteiger partial charge is 0.360 e. The maximum atomic E-state index is 5.72. The topological polar surface area (TPSA) is 39.9 Å². The quantitative estimate of drug-likeness (QED) is 0.457. The Balaban J connectivity index is 2.00. The molecular formula is C12H18IN3OSi. The van der Waals surface area contributed by atoms with E-state index >= 15 is 0 Å². The van der Waals surface area contributed by atoms with Crippen LogP contribution in [0.1, 0.15) is 0 Å². The molecule has 0 spiro atoms. The molecule has 0 aliphatic rings. The normalized spacial score (nSPS) is 12.2. The van der Waals surface area contributed by atoms with Gasteiger partial charge in [0.1, 0.15) is 15.9 Å². The molecule has 0 atom stereocenters. The molecule has 0 saturated carbocycles. The van der Waals surface area contributed by atoms with Crippen molar-refractivity contribution in [2.75, 3.05) is 6.61 Å². The molecule has 0 fully saturated rings. The summed E-state index contributed by atoms with van der Waals surface area (Å²) in [7, 11) is -1.01. The average Bonchev–Trinajstić information content (AvgIpc) is 2.62. The van der Waals surface area contributed by atoms with Gasteiger partial charge in [-0.2, -0.15) is 5.10 Å². The van der Waals surface area contributed by atoms with Crippen LogP contribution in [0.5, 0.6) is 0 Å². The molecule has 4 nitrogen and oxygen atoms in total. The number of halogens is 1. The standard InChI is InChI=1S/C12H18IN3OSi/c1-18(2,3)8-7-17-9-16-10-5-4-6-14-11(10)12(13)15-16/h4-6H,7-9H2,1-3H3. The fourth-order valence-corrected chi connectivity index (χ4v) is 3.03. The zero-order valence-corrected chi connectivity index (χ0v) is 14.1. The van der Waals surface area contributed by atoms with Gasteiger partial charge < -0.3 is 4.74 Å². The van der Waals surface area contributed by atoms with Crippen molar-refractivity contribution in [3.8, 4) is 0 Å². The van der Waals surface area contributed by atoms with Crippen LogP contribution in [0, 0.1) is 3.70 Å². The van der Waals surface area contributed by atoms with Gasteiger partial charge in [-0.3, -0.25) is 4.98 Å². The van der Waals surface area contributed by atoms with Crippen molar-refractivity contribution in [3.63, 3.8) is 0 Å². The number of nitrogens with zero attached hydrogens (tertiary/aromatic N) is 3. The van der Waals surface area contributed by atoms with E-state index in [9.17, 15) is 0 Å². The van der Waals surface area contributed by atoms with Crippen LogP contribution in [-0.2, 0) is 11.5 Å². The maximum Gasteiger partial charge on any atom is 0.149 e. The van der Waals surface area contributed by atoms with Gasteiger partial charge in [-0.05, 0) is 40.8 Å². The fraction of sp³-hybridized carbons (Fsp3) is 0.500. The molecule has 0 saturated heterocycles. The first-order chi connectivity index (χ1) is 8.47. The molecule has 0 amide bonds. The third-order valence-corrected chi connectivity index (χ3v) is 5.11. The Morgan fingerprint density at radius 2 is 2.17 bits per heavy atom. The van der Waals surface area contributed by atoms with Crippen molar-refractivity contribution >= 4 is 41.7 Å². The van der Waals surface area contributed by atoms with Crippen LogP contribution < -0.4 is 0 Å². The molecule has 2 aromatic rings. The Morgan fingerprint density at radius 1 is 1.39 bits per heavy atom. The van der Waals surface area contributed by atoms with E-state index in [1.807, 2.05) is 16.8 Å². The van der Waals surface area contributed by atoms with Crippen LogP contribution in [0.2, 0.25) is 25.7 Å². The Labute approximate surface area is 122 Å². The molecule has 0 aliphatic heterocycles. The van der Waals surface area contributed by atoms with E-state index < -0.39 is 8.07 Å². The lowest BCUT2D eigenvalue weighted by Gasteiger charge is -2.15. The lowest BCUT2D eigenvalue weighted by Crippen LogP contribution is -2.22. The Hall–Kier alpha value is -0.473. The Morgan fingerprint density at radius 3 is 2.89 bits per heavy atom. The minimum absolute atomic E-state index is 0.510. The highest BCUT2D eigenvalue weighted by atomic mass is 127. The van der Waals surface area contributed by atoms with Crippen molar-refractivity contribution in [2.24, 2.45) is 0 Å². The summed E-state index contributed by atoms with van der Waals surface area (Å²) in [5.74, 6) is 0. The van der Waals surface area contributed by atoms with Crippen LogP contribution in [-0.4, -0.2) is 29.4 Å². The molecule has 6 heteroatoms. The molecule has 0 unspecified atom stereocenters. The lowest BCUT2D eigenvalue weighted by atomic mass is 10.4. The van der Waals surface area contributed by atoms with Gasteiger partial charge in [-0.25, -0.2) is 4.68 Å². The number of hydrogen-bond acceptors (Lipinski definition) is 3. The summed E-state index contributed by atoms with van der Waals surface area (Å²) in [6, 6.07) is 5.14. The van der Waals surface area contributed by atoms with E-state index in [1.165, 1.54) is 6.04 Å². The van der Waals surface area contributed by atoms with Gasteiger partial charge in [0.05, 0.1) is 5.52 Å². The molecule has 2 rings (SSSR count). The maximum absolute atomic E-state index is 5.72. The molecule has 0 bridgehead atoms. The molecule has 0 aromatic carbocycles. The average molecular weight is 375 g/mol. The summed E-state index contributed by atoms with van der Waals surface area (Å²) >= 11 is 2.21. The number of hydrogen-bond donors (Lipinski definition) is 0. The van der Waals surface area contributed by atoms with E-state index in [2.05, 4.69) is 52.3 Å². The van der Waals surface area contributed by atoms with Crippen LogP contribution in [0.3, 0.4) is 0 Å². The van der Waals surface area contributed by atoms with Crippen LogP contribution in [0.4, 0.5) is 0 Å². The van der Waals surface area contributed by atoms with Crippen molar-refractivity contribution in [1.82, 2.24) is 14.8 Å². The van der Waals surface area contributed by atoms with E-state index in [-0.39, 0.29) is 0 Å². The molecule has 0 aliphatic carbocycles. The van der Waals surface area contributed by atoms with Gasteiger partial charge >= 0.3 is 0 Å². The summed E-state index contributed by atoms with van der Waals surface area (Å²) < 4.78 is 8.53. The first-order valence-electron chi connectivity index (χ1n) is 6.02. The predicted octanol–water partition coefficient (Wildman–Crippen LogP) is 3.35. The van der Waals surface area contributed by atoms with Gasteiger partial charge in [0.25, 0.3) is 0 Å². The zero-order chi connectivity index (χ0) is 13.2. The number of fused-ring (bicyclic) bond motifs is 1. The van der Waals surface area contributed by atoms with E-state index in [1.54, 1.807) is 6.20 Å². The monoisotopic (exact) mass is 375 g/mol. The van der Waals surface area contributed by atoms with Gasteiger partial charge in [0.15, 0.2) is 0 Å². The van der Waals surface area contributed by atoms with Crippen molar-refractivity contribution in [2.45, 2.75) is 32.4 Å². The highest BCUT2D eigenvalue weighted by molar-refractivity contribution is 14.1. The lowest BCUT2D eigenvalue weighted by molar-refractivity contribution is 0.0814. The van der Waals surface area contributed by atoms with Crippen LogP contribution in [0.25, 0.3) is 11.0 Å². The molecule has 2 heterocycles. The highest BCUT2D eigenvalue weighted by Crippen LogP contribution is 2.17.